The molecule has 1 aliphatic rings. The van der Waals surface area contributed by atoms with E-state index in [1.54, 1.807) is 55.6 Å². The summed E-state index contributed by atoms with van der Waals surface area (Å²) in [7, 11) is 0. The number of halogens is 3. The minimum absolute atomic E-state index is 0.0307. The van der Waals surface area contributed by atoms with Crippen LogP contribution < -0.4 is 4.74 Å². The number of ketones is 1. The molecular formula is C29H27F3N2O4. The van der Waals surface area contributed by atoms with E-state index < -0.39 is 22.8 Å². The van der Waals surface area contributed by atoms with Gasteiger partial charge in [-0.05, 0) is 56.7 Å². The first-order valence-electron chi connectivity index (χ1n) is 12.2. The van der Waals surface area contributed by atoms with Gasteiger partial charge < -0.3 is 14.2 Å². The summed E-state index contributed by atoms with van der Waals surface area (Å²) in [6.45, 7) is 5.53. The van der Waals surface area contributed by atoms with E-state index in [1.165, 1.54) is 24.3 Å². The third-order valence-electron chi connectivity index (χ3n) is 6.82. The minimum atomic E-state index is -0.971. The van der Waals surface area contributed by atoms with Gasteiger partial charge in [0, 0.05) is 23.6 Å². The van der Waals surface area contributed by atoms with Crippen molar-refractivity contribution < 1.29 is 32.2 Å². The third kappa shape index (κ3) is 4.91. The molecular weight excluding hydrogens is 497 g/mol. The molecule has 0 saturated carbocycles. The number of nitrogens with zero attached hydrogens (tertiary/aromatic N) is 2. The number of hydrogen-bond donors (Lipinski definition) is 0. The Morgan fingerprint density at radius 2 is 1.74 bits per heavy atom. The molecule has 0 atom stereocenters. The normalized spacial score (nSPS) is 16.5. The fourth-order valence-corrected chi connectivity index (χ4v) is 4.69. The van der Waals surface area contributed by atoms with Crippen LogP contribution in [0, 0.1) is 24.4 Å². The number of carbonyl (C=O) groups is 1. The van der Waals surface area contributed by atoms with Crippen LogP contribution in [0.15, 0.2) is 60.8 Å². The summed E-state index contributed by atoms with van der Waals surface area (Å²) >= 11 is 0. The lowest BCUT2D eigenvalue weighted by Crippen LogP contribution is -2.50. The van der Waals surface area contributed by atoms with Gasteiger partial charge >= 0.3 is 0 Å². The van der Waals surface area contributed by atoms with Crippen LogP contribution >= 0.6 is 0 Å². The Morgan fingerprint density at radius 3 is 2.45 bits per heavy atom. The molecule has 0 N–H and O–H groups in total. The topological polar surface area (TPSA) is 62.1 Å². The standard InChI is InChI=1S/C29H27F3N2O4/c1-18-26(23(35)14-29(16-37-28(2,3)38-17-29)20-9-11-21(30)12-10-20)34-13-5-8-24(27(34)33-18)36-15-19-6-4-7-22(31)25(19)32/h4-13H,14-17H2,1-3H3. The minimum Gasteiger partial charge on any atom is -0.485 e. The van der Waals surface area contributed by atoms with Crippen LogP contribution in [0.4, 0.5) is 13.2 Å². The number of carbonyl (C=O) groups excluding carboxylic acids is 1. The summed E-state index contributed by atoms with van der Waals surface area (Å²) in [6.07, 6.45) is 1.72. The van der Waals surface area contributed by atoms with Crippen LogP contribution in [0.25, 0.3) is 5.65 Å². The molecule has 2 aromatic heterocycles. The number of aryl methyl sites for hydroxylation is 1. The van der Waals surface area contributed by atoms with Gasteiger partial charge in [0.05, 0.1) is 18.9 Å². The highest BCUT2D eigenvalue weighted by atomic mass is 19.2. The maximum atomic E-state index is 14.1. The van der Waals surface area contributed by atoms with Gasteiger partial charge in [-0.1, -0.05) is 24.3 Å². The van der Waals surface area contributed by atoms with Gasteiger partial charge in [0.15, 0.2) is 34.6 Å². The van der Waals surface area contributed by atoms with Crippen LogP contribution in [0.2, 0.25) is 0 Å². The highest BCUT2D eigenvalue weighted by Gasteiger charge is 2.43. The third-order valence-corrected chi connectivity index (χ3v) is 6.82. The Hall–Kier alpha value is -3.69. The number of ether oxygens (including phenoxy) is 3. The Bertz CT molecular complexity index is 1490. The zero-order valence-corrected chi connectivity index (χ0v) is 21.3. The number of rotatable bonds is 7. The lowest BCUT2D eigenvalue weighted by Gasteiger charge is -2.43. The molecule has 0 spiro atoms. The van der Waals surface area contributed by atoms with Gasteiger partial charge in [0.1, 0.15) is 18.1 Å². The smallest absolute Gasteiger partial charge is 0.182 e. The van der Waals surface area contributed by atoms with Crippen molar-refractivity contribution in [3.05, 3.63) is 101 Å². The first-order chi connectivity index (χ1) is 18.1. The fraction of sp³-hybridized carbons (Fsp3) is 0.310. The lowest BCUT2D eigenvalue weighted by molar-refractivity contribution is -0.269. The monoisotopic (exact) mass is 524 g/mol. The summed E-state index contributed by atoms with van der Waals surface area (Å²) < 4.78 is 60.7. The van der Waals surface area contributed by atoms with Gasteiger partial charge in [-0.2, -0.15) is 0 Å². The molecule has 4 aromatic rings. The highest BCUT2D eigenvalue weighted by molar-refractivity contribution is 5.97. The zero-order valence-electron chi connectivity index (χ0n) is 21.3. The van der Waals surface area contributed by atoms with Gasteiger partial charge in [-0.25, -0.2) is 18.2 Å². The van der Waals surface area contributed by atoms with Crippen molar-refractivity contribution in [1.29, 1.82) is 0 Å². The van der Waals surface area contributed by atoms with Crippen molar-refractivity contribution in [3.63, 3.8) is 0 Å². The number of hydrogen-bond acceptors (Lipinski definition) is 5. The molecule has 0 radical (unpaired) electrons. The molecule has 38 heavy (non-hydrogen) atoms. The Balaban J connectivity index is 1.46. The molecule has 0 aliphatic carbocycles. The zero-order chi connectivity index (χ0) is 27.1. The van der Waals surface area contributed by atoms with Gasteiger partial charge in [-0.3, -0.25) is 9.20 Å². The van der Waals surface area contributed by atoms with Crippen molar-refractivity contribution in [1.82, 2.24) is 9.38 Å². The van der Waals surface area contributed by atoms with Gasteiger partial charge in [0.2, 0.25) is 0 Å². The number of aromatic nitrogens is 2. The molecule has 9 heteroatoms. The second-order valence-corrected chi connectivity index (χ2v) is 9.98. The molecule has 6 nitrogen and oxygen atoms in total. The first-order valence-corrected chi connectivity index (χ1v) is 12.2. The van der Waals surface area contributed by atoms with E-state index in [2.05, 4.69) is 4.98 Å². The molecule has 198 valence electrons. The van der Waals surface area contributed by atoms with E-state index in [0.717, 1.165) is 11.6 Å². The molecule has 0 amide bonds. The van der Waals surface area contributed by atoms with Crippen LogP contribution in [0.3, 0.4) is 0 Å². The Labute approximate surface area is 218 Å². The molecule has 3 heterocycles. The van der Waals surface area contributed by atoms with Crippen LogP contribution in [0.1, 0.15) is 47.6 Å². The van der Waals surface area contributed by atoms with E-state index in [0.29, 0.717) is 22.8 Å². The number of Topliss-reactive ketones (excluding diaryl/α,β-unsaturated/α-hetero) is 1. The maximum Gasteiger partial charge on any atom is 0.182 e. The molecule has 1 saturated heterocycles. The summed E-state index contributed by atoms with van der Waals surface area (Å²) in [5.41, 5.74) is 1.17. The quantitative estimate of drug-likeness (QED) is 0.281. The first kappa shape index (κ1) is 25.9. The average molecular weight is 525 g/mol. The molecule has 1 aliphatic heterocycles. The van der Waals surface area contributed by atoms with Crippen molar-refractivity contribution in [3.8, 4) is 5.75 Å². The summed E-state index contributed by atoms with van der Waals surface area (Å²) in [5, 5.41) is 0. The Kier molecular flexibility index (Phi) is 6.75. The van der Waals surface area contributed by atoms with Crippen LogP contribution in [0.5, 0.6) is 5.75 Å². The van der Waals surface area contributed by atoms with Crippen molar-refractivity contribution in [2.75, 3.05) is 13.2 Å². The van der Waals surface area contributed by atoms with Crippen LogP contribution in [-0.2, 0) is 21.5 Å². The molecule has 2 aromatic carbocycles. The predicted molar refractivity (Wildman–Crippen MR) is 134 cm³/mol. The largest absolute Gasteiger partial charge is 0.485 e. The number of benzene rings is 2. The summed E-state index contributed by atoms with van der Waals surface area (Å²) in [4.78, 5) is 18.4. The maximum absolute atomic E-state index is 14.1. The van der Waals surface area contributed by atoms with E-state index >= 15 is 0 Å². The average Bonchev–Trinajstić information content (AvgIpc) is 3.23. The summed E-state index contributed by atoms with van der Waals surface area (Å²) in [5.74, 6) is -3.00. The summed E-state index contributed by atoms with van der Waals surface area (Å²) in [6, 6.07) is 13.2. The SMILES string of the molecule is Cc1nc2c(OCc3cccc(F)c3F)cccn2c1C(=O)CC1(c2ccc(F)cc2)COC(C)(C)OC1. The molecule has 0 unspecified atom stereocenters. The molecule has 1 fully saturated rings. The second-order valence-electron chi connectivity index (χ2n) is 9.98. The number of fused-ring (bicyclic) bond motifs is 1. The number of imidazole rings is 1. The van der Waals surface area contributed by atoms with Crippen molar-refractivity contribution >= 4 is 11.4 Å². The predicted octanol–water partition coefficient (Wildman–Crippen LogP) is 5.93. The van der Waals surface area contributed by atoms with E-state index in [-0.39, 0.29) is 43.4 Å². The lowest BCUT2D eigenvalue weighted by atomic mass is 9.76. The highest BCUT2D eigenvalue weighted by Crippen LogP contribution is 2.38. The molecule has 0 bridgehead atoms. The Morgan fingerprint density at radius 1 is 1.03 bits per heavy atom. The van der Waals surface area contributed by atoms with Crippen molar-refractivity contribution in [2.45, 2.75) is 45.0 Å². The van der Waals surface area contributed by atoms with Crippen molar-refractivity contribution in [2.24, 2.45) is 0 Å². The van der Waals surface area contributed by atoms with Gasteiger partial charge in [-0.15, -0.1) is 0 Å². The van der Waals surface area contributed by atoms with E-state index in [4.69, 9.17) is 14.2 Å². The van der Waals surface area contributed by atoms with E-state index in [1.807, 2.05) is 0 Å². The number of pyridine rings is 1. The van der Waals surface area contributed by atoms with Crippen LogP contribution in [-0.4, -0.2) is 34.2 Å². The van der Waals surface area contributed by atoms with E-state index in [9.17, 15) is 18.0 Å². The molecule has 5 rings (SSSR count). The second kappa shape index (κ2) is 9.89. The fourth-order valence-electron chi connectivity index (χ4n) is 4.69. The van der Waals surface area contributed by atoms with Gasteiger partial charge in [0.25, 0.3) is 0 Å².